The summed E-state index contributed by atoms with van der Waals surface area (Å²) in [5, 5.41) is 0. The fraction of sp³-hybridized carbons (Fsp3) is 0.269. The molecular formula is C26H28N2O2. The van der Waals surface area contributed by atoms with Crippen molar-refractivity contribution in [1.82, 2.24) is 9.55 Å². The predicted molar refractivity (Wildman–Crippen MR) is 121 cm³/mol. The number of aryl methyl sites for hydroxylation is 2. The smallest absolute Gasteiger partial charge is 0.148 e. The van der Waals surface area contributed by atoms with Gasteiger partial charge in [0, 0.05) is 0 Å². The van der Waals surface area contributed by atoms with E-state index >= 15 is 0 Å². The van der Waals surface area contributed by atoms with Gasteiger partial charge in [0.2, 0.25) is 0 Å². The quantitative estimate of drug-likeness (QED) is 0.371. The first-order valence-electron chi connectivity index (χ1n) is 10.5. The minimum Gasteiger partial charge on any atom is -0.491 e. The molecule has 0 aliphatic rings. The highest BCUT2D eigenvalue weighted by Gasteiger charge is 2.12. The van der Waals surface area contributed by atoms with Crippen LogP contribution in [0.15, 0.2) is 66.7 Å². The summed E-state index contributed by atoms with van der Waals surface area (Å²) < 4.78 is 14.3. The third-order valence-electron chi connectivity index (χ3n) is 5.56. The Morgan fingerprint density at radius 2 is 1.67 bits per heavy atom. The first-order valence-corrected chi connectivity index (χ1v) is 10.5. The number of imidazole rings is 1. The molecule has 4 aromatic rings. The molecule has 3 aromatic carbocycles. The van der Waals surface area contributed by atoms with Crippen molar-refractivity contribution in [3.8, 4) is 11.5 Å². The van der Waals surface area contributed by atoms with Crippen LogP contribution in [0.4, 0.5) is 0 Å². The monoisotopic (exact) mass is 400 g/mol. The lowest BCUT2D eigenvalue weighted by Gasteiger charge is -2.14. The average Bonchev–Trinajstić information content (AvgIpc) is 3.13. The van der Waals surface area contributed by atoms with Crippen LogP contribution in [0.25, 0.3) is 11.0 Å². The molecule has 0 spiro atoms. The van der Waals surface area contributed by atoms with Gasteiger partial charge in [0.15, 0.2) is 0 Å². The van der Waals surface area contributed by atoms with E-state index in [-0.39, 0.29) is 0 Å². The molecule has 0 amide bonds. The normalized spacial score (nSPS) is 11.0. The molecule has 4 nitrogen and oxygen atoms in total. The fourth-order valence-corrected chi connectivity index (χ4v) is 3.58. The van der Waals surface area contributed by atoms with E-state index in [9.17, 15) is 0 Å². The maximum atomic E-state index is 6.09. The van der Waals surface area contributed by atoms with Gasteiger partial charge in [0.05, 0.1) is 17.6 Å². The van der Waals surface area contributed by atoms with E-state index < -0.39 is 0 Å². The second-order valence-electron chi connectivity index (χ2n) is 7.50. The molecule has 154 valence electrons. The standard InChI is InChI=1S/C26H28N2O2/c1-4-21-12-14-22(15-13-21)30-18-26-27-23-9-5-6-10-24(23)28(26)16-17-29-25-11-7-8-19(2)20(25)3/h5-15H,4,16-18H2,1-3H3. The summed E-state index contributed by atoms with van der Waals surface area (Å²) in [6.45, 7) is 8.06. The number of para-hydroxylation sites is 2. The van der Waals surface area contributed by atoms with Gasteiger partial charge in [0.1, 0.15) is 30.5 Å². The summed E-state index contributed by atoms with van der Waals surface area (Å²) >= 11 is 0. The molecule has 1 heterocycles. The van der Waals surface area contributed by atoms with E-state index in [1.54, 1.807) is 0 Å². The summed E-state index contributed by atoms with van der Waals surface area (Å²) in [5.41, 5.74) is 5.81. The second-order valence-corrected chi connectivity index (χ2v) is 7.50. The van der Waals surface area contributed by atoms with Gasteiger partial charge in [-0.15, -0.1) is 0 Å². The van der Waals surface area contributed by atoms with Crippen LogP contribution in [0.2, 0.25) is 0 Å². The molecule has 0 bridgehead atoms. The third-order valence-corrected chi connectivity index (χ3v) is 5.56. The van der Waals surface area contributed by atoms with E-state index in [0.29, 0.717) is 19.8 Å². The zero-order valence-corrected chi connectivity index (χ0v) is 17.9. The van der Waals surface area contributed by atoms with E-state index in [1.807, 2.05) is 42.5 Å². The number of nitrogens with zero attached hydrogens (tertiary/aromatic N) is 2. The Balaban J connectivity index is 1.50. The van der Waals surface area contributed by atoms with Gasteiger partial charge in [-0.3, -0.25) is 0 Å². The first-order chi connectivity index (χ1) is 14.7. The van der Waals surface area contributed by atoms with Crippen LogP contribution >= 0.6 is 0 Å². The predicted octanol–water partition coefficient (Wildman–Crippen LogP) is 5.87. The van der Waals surface area contributed by atoms with Crippen molar-refractivity contribution in [3.05, 3.63) is 89.2 Å². The molecule has 0 aliphatic heterocycles. The van der Waals surface area contributed by atoms with Crippen LogP contribution in [0.3, 0.4) is 0 Å². The fourth-order valence-electron chi connectivity index (χ4n) is 3.58. The Bertz CT molecular complexity index is 1130. The molecule has 1 aromatic heterocycles. The van der Waals surface area contributed by atoms with Crippen LogP contribution in [0.5, 0.6) is 11.5 Å². The van der Waals surface area contributed by atoms with Gasteiger partial charge in [-0.1, -0.05) is 43.3 Å². The Morgan fingerprint density at radius 3 is 2.47 bits per heavy atom. The Kier molecular flexibility index (Phi) is 6.03. The zero-order valence-electron chi connectivity index (χ0n) is 17.9. The van der Waals surface area contributed by atoms with Crippen molar-refractivity contribution in [2.75, 3.05) is 6.61 Å². The number of fused-ring (bicyclic) bond motifs is 1. The average molecular weight is 401 g/mol. The van der Waals surface area contributed by atoms with Crippen LogP contribution in [0, 0.1) is 13.8 Å². The largest absolute Gasteiger partial charge is 0.491 e. The minimum absolute atomic E-state index is 0.420. The molecule has 30 heavy (non-hydrogen) atoms. The van der Waals surface area contributed by atoms with Gasteiger partial charge in [-0.2, -0.15) is 0 Å². The van der Waals surface area contributed by atoms with Crippen LogP contribution < -0.4 is 9.47 Å². The number of hydrogen-bond donors (Lipinski definition) is 0. The Morgan fingerprint density at radius 1 is 0.867 bits per heavy atom. The molecule has 0 fully saturated rings. The SMILES string of the molecule is CCc1ccc(OCc2nc3ccccc3n2CCOc2cccc(C)c2C)cc1. The molecule has 0 aliphatic carbocycles. The van der Waals surface area contributed by atoms with Gasteiger partial charge in [0.25, 0.3) is 0 Å². The summed E-state index contributed by atoms with van der Waals surface area (Å²) in [6.07, 6.45) is 1.02. The highest BCUT2D eigenvalue weighted by Crippen LogP contribution is 2.22. The molecule has 0 N–H and O–H groups in total. The van der Waals surface area contributed by atoms with Crippen molar-refractivity contribution in [2.24, 2.45) is 0 Å². The molecule has 4 heteroatoms. The van der Waals surface area contributed by atoms with Crippen molar-refractivity contribution in [3.63, 3.8) is 0 Å². The minimum atomic E-state index is 0.420. The Labute approximate surface area is 178 Å². The van der Waals surface area contributed by atoms with Crippen LogP contribution in [-0.2, 0) is 19.6 Å². The van der Waals surface area contributed by atoms with E-state index in [4.69, 9.17) is 14.5 Å². The maximum Gasteiger partial charge on any atom is 0.148 e. The molecule has 4 rings (SSSR count). The van der Waals surface area contributed by atoms with E-state index in [2.05, 4.69) is 49.6 Å². The van der Waals surface area contributed by atoms with Gasteiger partial charge >= 0.3 is 0 Å². The molecule has 0 atom stereocenters. The molecular weight excluding hydrogens is 372 g/mol. The topological polar surface area (TPSA) is 36.3 Å². The third kappa shape index (κ3) is 4.33. The number of hydrogen-bond acceptors (Lipinski definition) is 3. The number of ether oxygens (including phenoxy) is 2. The second kappa shape index (κ2) is 9.04. The zero-order chi connectivity index (χ0) is 20.9. The van der Waals surface area contributed by atoms with Crippen molar-refractivity contribution < 1.29 is 9.47 Å². The van der Waals surface area contributed by atoms with Gasteiger partial charge in [-0.25, -0.2) is 4.98 Å². The Hall–Kier alpha value is -3.27. The molecule has 0 radical (unpaired) electrons. The lowest BCUT2D eigenvalue weighted by Crippen LogP contribution is -2.13. The number of rotatable bonds is 8. The summed E-state index contributed by atoms with van der Waals surface area (Å²) in [4.78, 5) is 4.80. The van der Waals surface area contributed by atoms with Crippen molar-refractivity contribution in [1.29, 1.82) is 0 Å². The molecule has 0 saturated carbocycles. The lowest BCUT2D eigenvalue weighted by atomic mass is 10.1. The summed E-state index contributed by atoms with van der Waals surface area (Å²) in [6, 6.07) is 22.6. The lowest BCUT2D eigenvalue weighted by molar-refractivity contribution is 0.271. The van der Waals surface area contributed by atoms with Crippen LogP contribution in [0.1, 0.15) is 29.4 Å². The molecule has 0 saturated heterocycles. The van der Waals surface area contributed by atoms with Crippen molar-refractivity contribution >= 4 is 11.0 Å². The summed E-state index contributed by atoms with van der Waals surface area (Å²) in [5.74, 6) is 2.70. The van der Waals surface area contributed by atoms with Gasteiger partial charge < -0.3 is 14.0 Å². The maximum absolute atomic E-state index is 6.09. The van der Waals surface area contributed by atoms with E-state index in [1.165, 1.54) is 16.7 Å². The van der Waals surface area contributed by atoms with E-state index in [0.717, 1.165) is 34.8 Å². The summed E-state index contributed by atoms with van der Waals surface area (Å²) in [7, 11) is 0. The van der Waals surface area contributed by atoms with Gasteiger partial charge in [-0.05, 0) is 67.3 Å². The molecule has 0 unspecified atom stereocenters. The first kappa shape index (κ1) is 20.0. The highest BCUT2D eigenvalue weighted by atomic mass is 16.5. The van der Waals surface area contributed by atoms with Crippen LogP contribution in [-0.4, -0.2) is 16.2 Å². The van der Waals surface area contributed by atoms with Crippen molar-refractivity contribution in [2.45, 2.75) is 40.3 Å². The number of aromatic nitrogens is 2. The number of benzene rings is 3. The highest BCUT2D eigenvalue weighted by molar-refractivity contribution is 5.75.